The average Bonchev–Trinajstić information content (AvgIpc) is 2.73. The number of amides is 1. The maximum Gasteiger partial charge on any atom is 0.279 e. The number of nitrogens with one attached hydrogen (secondary N) is 3. The smallest absolute Gasteiger partial charge is 0.279 e. The van der Waals surface area contributed by atoms with Gasteiger partial charge in [-0.2, -0.15) is 0 Å². The number of rotatable bonds is 8. The van der Waals surface area contributed by atoms with Crippen LogP contribution in [0.25, 0.3) is 0 Å². The summed E-state index contributed by atoms with van der Waals surface area (Å²) >= 11 is 0. The molecule has 6 heteroatoms. The molecule has 156 valence electrons. The van der Waals surface area contributed by atoms with Crippen LogP contribution in [0.2, 0.25) is 0 Å². The molecule has 0 unspecified atom stereocenters. The van der Waals surface area contributed by atoms with Crippen LogP contribution in [-0.4, -0.2) is 58.9 Å². The maximum atomic E-state index is 12.5. The first-order valence-corrected chi connectivity index (χ1v) is 10.3. The summed E-state index contributed by atoms with van der Waals surface area (Å²) < 4.78 is 11.0. The monoisotopic (exact) mass is 399 g/mol. The van der Waals surface area contributed by atoms with Crippen LogP contribution in [0.3, 0.4) is 0 Å². The van der Waals surface area contributed by atoms with E-state index in [4.69, 9.17) is 9.47 Å². The molecule has 0 spiro atoms. The van der Waals surface area contributed by atoms with Crippen molar-refractivity contribution in [1.82, 2.24) is 0 Å². The van der Waals surface area contributed by atoms with Crippen molar-refractivity contribution < 1.29 is 24.1 Å². The molecular formula is C23H33N3O3+2. The molecule has 0 radical (unpaired) electrons. The topological polar surface area (TPSA) is 56.4 Å². The Hall–Kier alpha value is -2.57. The summed E-state index contributed by atoms with van der Waals surface area (Å²) in [6.45, 7) is 10.4. The van der Waals surface area contributed by atoms with Crippen molar-refractivity contribution in [3.05, 3.63) is 53.6 Å². The lowest BCUT2D eigenvalue weighted by Gasteiger charge is -2.29. The van der Waals surface area contributed by atoms with Gasteiger partial charge in [0.2, 0.25) is 0 Å². The van der Waals surface area contributed by atoms with Gasteiger partial charge in [-0.05, 0) is 49.2 Å². The van der Waals surface area contributed by atoms with Gasteiger partial charge in [0.1, 0.15) is 50.8 Å². The number of aryl methyl sites for hydroxylation is 2. The van der Waals surface area contributed by atoms with Crippen LogP contribution in [0.5, 0.6) is 11.5 Å². The van der Waals surface area contributed by atoms with Crippen LogP contribution in [0.15, 0.2) is 42.5 Å². The summed E-state index contributed by atoms with van der Waals surface area (Å²) in [6.07, 6.45) is 0. The predicted octanol–water partition coefficient (Wildman–Crippen LogP) is 0.113. The zero-order valence-electron chi connectivity index (χ0n) is 17.7. The molecule has 0 aliphatic carbocycles. The highest BCUT2D eigenvalue weighted by atomic mass is 16.5. The lowest BCUT2D eigenvalue weighted by atomic mass is 10.1. The molecule has 1 saturated heterocycles. The number of para-hydroxylation sites is 1. The van der Waals surface area contributed by atoms with Gasteiger partial charge in [-0.25, -0.2) is 0 Å². The molecule has 3 N–H and O–H groups in total. The van der Waals surface area contributed by atoms with E-state index in [1.54, 1.807) is 7.11 Å². The molecule has 0 saturated carbocycles. The predicted molar refractivity (Wildman–Crippen MR) is 114 cm³/mol. The molecule has 1 aliphatic heterocycles. The minimum atomic E-state index is 0.101. The van der Waals surface area contributed by atoms with Gasteiger partial charge in [0.05, 0.1) is 7.11 Å². The van der Waals surface area contributed by atoms with Crippen LogP contribution in [-0.2, 0) is 4.79 Å². The highest BCUT2D eigenvalue weighted by molar-refractivity contribution is 5.93. The summed E-state index contributed by atoms with van der Waals surface area (Å²) in [4.78, 5) is 15.4. The molecule has 0 aromatic heterocycles. The fourth-order valence-corrected chi connectivity index (χ4v) is 3.79. The highest BCUT2D eigenvalue weighted by Crippen LogP contribution is 2.19. The van der Waals surface area contributed by atoms with E-state index in [2.05, 4.69) is 5.32 Å². The van der Waals surface area contributed by atoms with E-state index in [0.29, 0.717) is 13.2 Å². The van der Waals surface area contributed by atoms with Gasteiger partial charge in [0, 0.05) is 5.69 Å². The van der Waals surface area contributed by atoms with E-state index >= 15 is 0 Å². The normalized spacial score (nSPS) is 18.9. The number of benzene rings is 2. The minimum Gasteiger partial charge on any atom is -0.497 e. The van der Waals surface area contributed by atoms with Gasteiger partial charge in [-0.1, -0.05) is 18.2 Å². The third-order valence-corrected chi connectivity index (χ3v) is 5.60. The number of carbonyl (C=O) groups excluding carboxylic acids is 1. The number of carbonyl (C=O) groups is 1. The van der Waals surface area contributed by atoms with Crippen LogP contribution < -0.4 is 24.6 Å². The Labute approximate surface area is 173 Å². The number of ether oxygens (including phenoxy) is 2. The van der Waals surface area contributed by atoms with Crippen LogP contribution in [0, 0.1) is 13.8 Å². The number of anilines is 1. The van der Waals surface area contributed by atoms with E-state index < -0.39 is 0 Å². The van der Waals surface area contributed by atoms with Gasteiger partial charge in [0.15, 0.2) is 6.54 Å². The highest BCUT2D eigenvalue weighted by Gasteiger charge is 2.25. The molecule has 0 bridgehead atoms. The fourth-order valence-electron chi connectivity index (χ4n) is 3.79. The summed E-state index contributed by atoms with van der Waals surface area (Å²) in [7, 11) is 1.66. The first-order valence-electron chi connectivity index (χ1n) is 10.3. The number of hydrogen-bond donors (Lipinski definition) is 3. The van der Waals surface area contributed by atoms with Crippen LogP contribution in [0.4, 0.5) is 5.69 Å². The summed E-state index contributed by atoms with van der Waals surface area (Å²) in [5, 5.41) is 3.10. The Morgan fingerprint density at radius 3 is 2.14 bits per heavy atom. The van der Waals surface area contributed by atoms with E-state index in [1.807, 2.05) is 56.3 Å². The van der Waals surface area contributed by atoms with Gasteiger partial charge in [-0.15, -0.1) is 0 Å². The zero-order chi connectivity index (χ0) is 20.6. The first kappa shape index (κ1) is 21.1. The number of methoxy groups -OCH3 is 1. The molecule has 2 aromatic rings. The molecule has 6 nitrogen and oxygen atoms in total. The molecule has 3 rings (SSSR count). The Kier molecular flexibility index (Phi) is 7.49. The molecule has 29 heavy (non-hydrogen) atoms. The second kappa shape index (κ2) is 10.3. The number of piperazine rings is 1. The van der Waals surface area contributed by atoms with E-state index in [9.17, 15) is 4.79 Å². The molecule has 1 aliphatic rings. The third-order valence-electron chi connectivity index (χ3n) is 5.60. The fraction of sp³-hybridized carbons (Fsp3) is 0.435. The molecule has 2 aromatic carbocycles. The molecule has 1 amide bonds. The summed E-state index contributed by atoms with van der Waals surface area (Å²) in [5.74, 6) is 1.81. The van der Waals surface area contributed by atoms with Crippen LogP contribution >= 0.6 is 0 Å². The van der Waals surface area contributed by atoms with Gasteiger partial charge < -0.3 is 24.6 Å². The zero-order valence-corrected chi connectivity index (χ0v) is 17.7. The SMILES string of the molecule is COc1ccc(OCC[NH+]2CC[NH+](CC(=O)Nc3c(C)cccc3C)CC2)cc1. The number of quaternary nitrogens is 2. The standard InChI is InChI=1S/C23H31N3O3/c1-18-5-4-6-19(2)23(18)24-22(27)17-26-13-11-25(12-14-26)15-16-29-21-9-7-20(28-3)8-10-21/h4-10H,11-17H2,1-3H3,(H,24,27)/p+2. The van der Waals surface area contributed by atoms with Crippen molar-refractivity contribution >= 4 is 11.6 Å². The van der Waals surface area contributed by atoms with E-state index in [0.717, 1.165) is 61.0 Å². The molecule has 0 atom stereocenters. The lowest BCUT2D eigenvalue weighted by Crippen LogP contribution is -3.28. The summed E-state index contributed by atoms with van der Waals surface area (Å²) in [6, 6.07) is 13.8. The van der Waals surface area contributed by atoms with Crippen molar-refractivity contribution in [1.29, 1.82) is 0 Å². The Morgan fingerprint density at radius 1 is 0.931 bits per heavy atom. The second-order valence-corrected chi connectivity index (χ2v) is 7.77. The maximum absolute atomic E-state index is 12.5. The van der Waals surface area contributed by atoms with Gasteiger partial charge in [-0.3, -0.25) is 4.79 Å². The number of hydrogen-bond acceptors (Lipinski definition) is 3. The van der Waals surface area contributed by atoms with Crippen LogP contribution in [0.1, 0.15) is 11.1 Å². The minimum absolute atomic E-state index is 0.101. The molecule has 1 heterocycles. The second-order valence-electron chi connectivity index (χ2n) is 7.77. The van der Waals surface area contributed by atoms with E-state index in [1.165, 1.54) is 9.80 Å². The largest absolute Gasteiger partial charge is 0.497 e. The van der Waals surface area contributed by atoms with Crippen molar-refractivity contribution in [3.63, 3.8) is 0 Å². The van der Waals surface area contributed by atoms with Crippen molar-refractivity contribution in [2.24, 2.45) is 0 Å². The van der Waals surface area contributed by atoms with Crippen molar-refractivity contribution in [2.75, 3.05) is 58.3 Å². The molecule has 1 fully saturated rings. The lowest BCUT2D eigenvalue weighted by molar-refractivity contribution is -1.01. The average molecular weight is 400 g/mol. The Bertz CT molecular complexity index is 779. The van der Waals surface area contributed by atoms with Gasteiger partial charge >= 0.3 is 0 Å². The molecular weight excluding hydrogens is 366 g/mol. The summed E-state index contributed by atoms with van der Waals surface area (Å²) in [5.41, 5.74) is 3.18. The van der Waals surface area contributed by atoms with Crippen molar-refractivity contribution in [3.8, 4) is 11.5 Å². The third kappa shape index (κ3) is 6.21. The van der Waals surface area contributed by atoms with Crippen molar-refractivity contribution in [2.45, 2.75) is 13.8 Å². The Balaban J connectivity index is 1.36. The quantitative estimate of drug-likeness (QED) is 0.591. The first-order chi connectivity index (χ1) is 14.0. The van der Waals surface area contributed by atoms with Gasteiger partial charge in [0.25, 0.3) is 5.91 Å². The van der Waals surface area contributed by atoms with E-state index in [-0.39, 0.29) is 5.91 Å². The Morgan fingerprint density at radius 2 is 1.52 bits per heavy atom.